The molecule has 1 aromatic carbocycles. The second kappa shape index (κ2) is 8.81. The summed E-state index contributed by atoms with van der Waals surface area (Å²) in [6.07, 6.45) is 0.172. The lowest BCUT2D eigenvalue weighted by atomic mass is 10.1. The molecule has 0 N–H and O–H groups in total. The van der Waals surface area contributed by atoms with Crippen LogP contribution < -0.4 is 4.90 Å². The number of carbonyl (C=O) groups is 2. The average molecular weight is 424 g/mol. The van der Waals surface area contributed by atoms with Crippen LogP contribution in [0, 0.1) is 5.92 Å². The van der Waals surface area contributed by atoms with Gasteiger partial charge >= 0.3 is 0 Å². The van der Waals surface area contributed by atoms with Crippen molar-refractivity contribution in [2.45, 2.75) is 38.2 Å². The van der Waals surface area contributed by atoms with E-state index in [4.69, 9.17) is 4.74 Å². The Labute approximate surface area is 172 Å². The highest BCUT2D eigenvalue weighted by molar-refractivity contribution is 7.89. The van der Waals surface area contributed by atoms with Gasteiger partial charge in [0.1, 0.15) is 0 Å². The Morgan fingerprint density at radius 2 is 1.83 bits per heavy atom. The van der Waals surface area contributed by atoms with E-state index in [9.17, 15) is 18.0 Å². The third kappa shape index (κ3) is 4.46. The molecule has 2 atom stereocenters. The van der Waals surface area contributed by atoms with Crippen LogP contribution in [0.5, 0.6) is 0 Å². The minimum Gasteiger partial charge on any atom is -0.375 e. The number of rotatable bonds is 6. The van der Waals surface area contributed by atoms with Gasteiger partial charge in [-0.25, -0.2) is 8.42 Å². The molecule has 0 aliphatic carbocycles. The molecule has 9 heteroatoms. The maximum atomic E-state index is 12.8. The summed E-state index contributed by atoms with van der Waals surface area (Å²) in [6.45, 7) is 8.23. The highest BCUT2D eigenvalue weighted by Gasteiger charge is 2.38. The van der Waals surface area contributed by atoms with E-state index < -0.39 is 10.0 Å². The fourth-order valence-electron chi connectivity index (χ4n) is 3.91. The van der Waals surface area contributed by atoms with E-state index in [0.717, 1.165) is 0 Å². The van der Waals surface area contributed by atoms with E-state index in [0.29, 0.717) is 45.0 Å². The zero-order valence-electron chi connectivity index (χ0n) is 17.2. The van der Waals surface area contributed by atoms with Crippen molar-refractivity contribution >= 4 is 27.5 Å². The van der Waals surface area contributed by atoms with Crippen LogP contribution in [0.25, 0.3) is 0 Å². The normalized spacial score (nSPS) is 23.1. The molecule has 8 nitrogen and oxygen atoms in total. The molecule has 29 heavy (non-hydrogen) atoms. The average Bonchev–Trinajstić information content (AvgIpc) is 3.10. The maximum Gasteiger partial charge on any atom is 0.243 e. The van der Waals surface area contributed by atoms with Crippen molar-refractivity contribution in [1.29, 1.82) is 0 Å². The molecule has 160 valence electrons. The Morgan fingerprint density at radius 3 is 2.41 bits per heavy atom. The third-order valence-electron chi connectivity index (χ3n) is 5.52. The summed E-state index contributed by atoms with van der Waals surface area (Å²) >= 11 is 0. The number of amides is 2. The van der Waals surface area contributed by atoms with Gasteiger partial charge in [-0.3, -0.25) is 9.59 Å². The number of hydrogen-bond acceptors (Lipinski definition) is 5. The second-order valence-electron chi connectivity index (χ2n) is 7.45. The smallest absolute Gasteiger partial charge is 0.243 e. The molecular weight excluding hydrogens is 394 g/mol. The lowest BCUT2D eigenvalue weighted by molar-refractivity contribution is -0.142. The minimum atomic E-state index is -3.54. The number of ether oxygens (including phenoxy) is 1. The summed E-state index contributed by atoms with van der Waals surface area (Å²) < 4.78 is 32.1. The van der Waals surface area contributed by atoms with Crippen molar-refractivity contribution < 1.29 is 22.7 Å². The van der Waals surface area contributed by atoms with Gasteiger partial charge in [0, 0.05) is 44.8 Å². The van der Waals surface area contributed by atoms with Gasteiger partial charge in [-0.15, -0.1) is 0 Å². The van der Waals surface area contributed by atoms with Crippen LogP contribution in [0.2, 0.25) is 0 Å². The summed E-state index contributed by atoms with van der Waals surface area (Å²) in [5.74, 6) is -0.521. The first-order chi connectivity index (χ1) is 13.8. The van der Waals surface area contributed by atoms with Gasteiger partial charge in [0.2, 0.25) is 21.8 Å². The van der Waals surface area contributed by atoms with Crippen molar-refractivity contribution in [3.8, 4) is 0 Å². The molecule has 2 aliphatic rings. The molecular formula is C20H29N3O5S. The Bertz CT molecular complexity index is 851. The largest absolute Gasteiger partial charge is 0.375 e. The van der Waals surface area contributed by atoms with E-state index in [1.165, 1.54) is 16.4 Å². The molecule has 0 aromatic heterocycles. The van der Waals surface area contributed by atoms with Crippen molar-refractivity contribution in [3.63, 3.8) is 0 Å². The van der Waals surface area contributed by atoms with Gasteiger partial charge in [-0.05, 0) is 31.2 Å². The van der Waals surface area contributed by atoms with Gasteiger partial charge < -0.3 is 14.5 Å². The fraction of sp³-hybridized carbons (Fsp3) is 0.600. The summed E-state index contributed by atoms with van der Waals surface area (Å²) in [6, 6.07) is 6.32. The van der Waals surface area contributed by atoms with Gasteiger partial charge in [-0.1, -0.05) is 13.8 Å². The van der Waals surface area contributed by atoms with Gasteiger partial charge in [-0.2, -0.15) is 4.31 Å². The number of anilines is 1. The molecule has 0 saturated carbocycles. The SMILES string of the molecule is CCN(CC)S(=O)(=O)c1ccc(N2C[C@H](C(=O)N3CCO[C@H](C)C3)CC2=O)cc1. The van der Waals surface area contributed by atoms with E-state index in [2.05, 4.69) is 0 Å². The molecule has 3 rings (SSSR count). The van der Waals surface area contributed by atoms with E-state index in [1.54, 1.807) is 35.8 Å². The lowest BCUT2D eigenvalue weighted by Crippen LogP contribution is -2.47. The number of hydrogen-bond donors (Lipinski definition) is 0. The molecule has 2 saturated heterocycles. The van der Waals surface area contributed by atoms with Crippen LogP contribution >= 0.6 is 0 Å². The molecule has 2 aliphatic heterocycles. The highest BCUT2D eigenvalue weighted by Crippen LogP contribution is 2.28. The monoisotopic (exact) mass is 423 g/mol. The predicted molar refractivity (Wildman–Crippen MR) is 109 cm³/mol. The molecule has 0 unspecified atom stereocenters. The summed E-state index contributed by atoms with van der Waals surface area (Å²) in [7, 11) is -3.54. The van der Waals surface area contributed by atoms with E-state index in [1.807, 2.05) is 6.92 Å². The van der Waals surface area contributed by atoms with Crippen LogP contribution in [0.1, 0.15) is 27.2 Å². The quantitative estimate of drug-likeness (QED) is 0.689. The molecule has 0 bridgehead atoms. The van der Waals surface area contributed by atoms with Crippen LogP contribution in [-0.2, 0) is 24.3 Å². The molecule has 0 spiro atoms. The first kappa shape index (κ1) is 21.7. The lowest BCUT2D eigenvalue weighted by Gasteiger charge is -2.32. The minimum absolute atomic E-state index is 0.00112. The zero-order valence-corrected chi connectivity index (χ0v) is 18.0. The molecule has 2 fully saturated rings. The standard InChI is InChI=1S/C20H29N3O5S/c1-4-22(5-2)29(26,27)18-8-6-17(7-9-18)23-14-16(12-19(23)24)20(25)21-10-11-28-15(3)13-21/h6-9,15-16H,4-5,10-14H2,1-3H3/t15-,16-/m1/s1. The molecule has 1 aromatic rings. The topological polar surface area (TPSA) is 87.2 Å². The Balaban J connectivity index is 1.71. The molecule has 0 radical (unpaired) electrons. The van der Waals surface area contributed by atoms with Crippen molar-refractivity contribution in [1.82, 2.24) is 9.21 Å². The number of carbonyl (C=O) groups excluding carboxylic acids is 2. The van der Waals surface area contributed by atoms with Gasteiger partial charge in [0.25, 0.3) is 0 Å². The number of morpholine rings is 1. The van der Waals surface area contributed by atoms with Crippen molar-refractivity contribution in [3.05, 3.63) is 24.3 Å². The van der Waals surface area contributed by atoms with Gasteiger partial charge in [0.15, 0.2) is 0 Å². The number of sulfonamides is 1. The predicted octanol–water partition coefficient (Wildman–Crippen LogP) is 1.32. The van der Waals surface area contributed by atoms with Crippen molar-refractivity contribution in [2.75, 3.05) is 44.2 Å². The third-order valence-corrected chi connectivity index (χ3v) is 7.58. The Morgan fingerprint density at radius 1 is 1.17 bits per heavy atom. The highest BCUT2D eigenvalue weighted by atomic mass is 32.2. The van der Waals surface area contributed by atoms with E-state index in [-0.39, 0.29) is 35.2 Å². The first-order valence-electron chi connectivity index (χ1n) is 10.1. The first-order valence-corrected chi connectivity index (χ1v) is 11.5. The fourth-order valence-corrected chi connectivity index (χ4v) is 5.37. The maximum absolute atomic E-state index is 12.8. The van der Waals surface area contributed by atoms with Crippen molar-refractivity contribution in [2.24, 2.45) is 5.92 Å². The number of benzene rings is 1. The summed E-state index contributed by atoms with van der Waals surface area (Å²) in [5.41, 5.74) is 0.610. The second-order valence-corrected chi connectivity index (χ2v) is 9.39. The van der Waals surface area contributed by atoms with Gasteiger partial charge in [0.05, 0.1) is 23.5 Å². The summed E-state index contributed by atoms with van der Waals surface area (Å²) in [5, 5.41) is 0. The van der Waals surface area contributed by atoms with Crippen LogP contribution in [-0.4, -0.2) is 74.9 Å². The zero-order chi connectivity index (χ0) is 21.2. The molecule has 2 amide bonds. The Hall–Kier alpha value is -1.97. The van der Waals surface area contributed by atoms with E-state index >= 15 is 0 Å². The molecule has 2 heterocycles. The Kier molecular flexibility index (Phi) is 6.60. The van der Waals surface area contributed by atoms with Crippen LogP contribution in [0.3, 0.4) is 0 Å². The number of nitrogens with zero attached hydrogens (tertiary/aromatic N) is 3. The van der Waals surface area contributed by atoms with Crippen LogP contribution in [0.4, 0.5) is 5.69 Å². The van der Waals surface area contributed by atoms with Crippen LogP contribution in [0.15, 0.2) is 29.2 Å². The summed E-state index contributed by atoms with van der Waals surface area (Å²) in [4.78, 5) is 28.9.